The van der Waals surface area contributed by atoms with Crippen LogP contribution in [0.25, 0.3) is 16.5 Å². The lowest BCUT2D eigenvalue weighted by Crippen LogP contribution is -2.35. The van der Waals surface area contributed by atoms with Crippen LogP contribution in [0, 0.1) is 6.92 Å². The molecule has 1 saturated heterocycles. The van der Waals surface area contributed by atoms with Gasteiger partial charge in [-0.2, -0.15) is 4.57 Å². The minimum Gasteiger partial charge on any atom is -0.492 e. The van der Waals surface area contributed by atoms with E-state index in [0.717, 1.165) is 17.9 Å². The number of nitrogens with zero attached hydrogens (tertiary/aromatic N) is 3. The number of anilines is 1. The molecule has 2 heterocycles. The lowest BCUT2D eigenvalue weighted by Gasteiger charge is -2.18. The molecule has 1 aliphatic rings. The highest BCUT2D eigenvalue weighted by atomic mass is 32.2. The Morgan fingerprint density at radius 3 is 2.59 bits per heavy atom. The summed E-state index contributed by atoms with van der Waals surface area (Å²) >= 11 is 0. The Kier molecular flexibility index (Phi) is 5.13. The average molecular weight is 449 g/mol. The van der Waals surface area contributed by atoms with Crippen molar-refractivity contribution in [3.63, 3.8) is 0 Å². The van der Waals surface area contributed by atoms with Gasteiger partial charge in [-0.1, -0.05) is 36.4 Å². The van der Waals surface area contributed by atoms with Gasteiger partial charge in [-0.15, -0.1) is 0 Å². The van der Waals surface area contributed by atoms with E-state index in [4.69, 9.17) is 4.74 Å². The highest BCUT2D eigenvalue weighted by Crippen LogP contribution is 2.32. The Morgan fingerprint density at radius 1 is 1.03 bits per heavy atom. The molecular weight excluding hydrogens is 422 g/mol. The molecule has 0 spiro atoms. The number of rotatable bonds is 5. The van der Waals surface area contributed by atoms with Crippen molar-refractivity contribution in [1.29, 1.82) is 0 Å². The molecule has 0 atom stereocenters. The zero-order chi connectivity index (χ0) is 22.3. The molecule has 0 unspecified atom stereocenters. The van der Waals surface area contributed by atoms with Crippen molar-refractivity contribution in [2.24, 2.45) is 0 Å². The maximum atomic E-state index is 12.3. The second kappa shape index (κ2) is 7.98. The first-order valence-electron chi connectivity index (χ1n) is 10.7. The highest BCUT2D eigenvalue weighted by Gasteiger charge is 2.29. The average Bonchev–Trinajstić information content (AvgIpc) is 3.34. The first-order chi connectivity index (χ1) is 15.4. The van der Waals surface area contributed by atoms with Crippen molar-refractivity contribution in [3.8, 4) is 11.4 Å². The Labute approximate surface area is 188 Å². The third-order valence-corrected chi connectivity index (χ3v) is 7.91. The van der Waals surface area contributed by atoms with E-state index in [2.05, 4.69) is 66.5 Å². The van der Waals surface area contributed by atoms with Gasteiger partial charge in [0.1, 0.15) is 18.4 Å². The van der Waals surface area contributed by atoms with Crippen LogP contribution in [0.3, 0.4) is 0 Å². The summed E-state index contributed by atoms with van der Waals surface area (Å²) in [6.45, 7) is 3.35. The third kappa shape index (κ3) is 3.73. The zero-order valence-electron chi connectivity index (χ0n) is 18.2. The van der Waals surface area contributed by atoms with Crippen molar-refractivity contribution >= 4 is 26.5 Å². The molecule has 0 radical (unpaired) electrons. The summed E-state index contributed by atoms with van der Waals surface area (Å²) in [7, 11) is -1.62. The molecule has 4 aromatic rings. The molecule has 164 valence electrons. The van der Waals surface area contributed by atoms with Crippen LogP contribution in [-0.2, 0) is 16.6 Å². The highest BCUT2D eigenvalue weighted by molar-refractivity contribution is 7.93. The van der Waals surface area contributed by atoms with Gasteiger partial charge in [0.2, 0.25) is 16.4 Å². The van der Waals surface area contributed by atoms with Crippen LogP contribution in [0.1, 0.15) is 17.7 Å². The Balaban J connectivity index is 1.46. The molecule has 0 amide bonds. The van der Waals surface area contributed by atoms with Gasteiger partial charge in [-0.25, -0.2) is 13.0 Å². The largest absolute Gasteiger partial charge is 0.492 e. The summed E-state index contributed by atoms with van der Waals surface area (Å²) in [5.74, 6) is 0.834. The van der Waals surface area contributed by atoms with Gasteiger partial charge in [0.15, 0.2) is 11.4 Å². The molecule has 0 saturated carbocycles. The predicted molar refractivity (Wildman–Crippen MR) is 126 cm³/mol. The minimum absolute atomic E-state index is 0.197. The van der Waals surface area contributed by atoms with Crippen molar-refractivity contribution in [1.82, 2.24) is 4.57 Å². The van der Waals surface area contributed by atoms with Crippen LogP contribution in [0.15, 0.2) is 73.2 Å². The second-order valence-electron chi connectivity index (χ2n) is 8.20. The molecule has 7 heteroatoms. The summed E-state index contributed by atoms with van der Waals surface area (Å²) in [6.07, 6.45) is 4.76. The maximum absolute atomic E-state index is 12.3. The summed E-state index contributed by atoms with van der Waals surface area (Å²) in [6, 6.07) is 20.5. The number of hydrogen-bond donors (Lipinski definition) is 0. The molecule has 3 aromatic carbocycles. The molecule has 1 aliphatic heterocycles. The summed E-state index contributed by atoms with van der Waals surface area (Å²) in [5.41, 5.74) is 3.87. The fraction of sp³-hybridized carbons (Fsp3) is 0.240. The topological polar surface area (TPSA) is 55.4 Å². The van der Waals surface area contributed by atoms with Gasteiger partial charge in [-0.3, -0.25) is 4.31 Å². The van der Waals surface area contributed by atoms with Crippen LogP contribution in [0.4, 0.5) is 5.69 Å². The van der Waals surface area contributed by atoms with Gasteiger partial charge in [0.25, 0.3) is 0 Å². The van der Waals surface area contributed by atoms with Gasteiger partial charge in [0.05, 0.1) is 18.6 Å². The van der Waals surface area contributed by atoms with Crippen molar-refractivity contribution in [2.45, 2.75) is 19.9 Å². The van der Waals surface area contributed by atoms with Crippen LogP contribution in [-0.4, -0.2) is 32.4 Å². The number of aromatic nitrogens is 2. The first kappa shape index (κ1) is 20.6. The van der Waals surface area contributed by atoms with E-state index < -0.39 is 10.0 Å². The van der Waals surface area contributed by atoms with Crippen molar-refractivity contribution < 1.29 is 17.7 Å². The molecule has 32 heavy (non-hydrogen) atoms. The zero-order valence-corrected chi connectivity index (χ0v) is 19.0. The Bertz CT molecular complexity index is 1410. The maximum Gasteiger partial charge on any atom is 0.249 e. The van der Waals surface area contributed by atoms with Gasteiger partial charge >= 0.3 is 0 Å². The molecule has 0 bridgehead atoms. The number of imidazole rings is 1. The van der Waals surface area contributed by atoms with Gasteiger partial charge in [-0.05, 0) is 41.0 Å². The van der Waals surface area contributed by atoms with Crippen molar-refractivity contribution in [3.05, 3.63) is 84.4 Å². The predicted octanol–water partition coefficient (Wildman–Crippen LogP) is 3.82. The molecular formula is C25H26N3O3S+. The van der Waals surface area contributed by atoms with Crippen LogP contribution < -0.4 is 13.6 Å². The summed E-state index contributed by atoms with van der Waals surface area (Å²) in [4.78, 5) is 0. The number of aryl methyl sites for hydroxylation is 1. The number of benzene rings is 3. The molecule has 1 aromatic heterocycles. The molecule has 0 aliphatic carbocycles. The first-order valence-corrected chi connectivity index (χ1v) is 12.3. The summed E-state index contributed by atoms with van der Waals surface area (Å²) in [5, 5.41) is 2.47. The van der Waals surface area contributed by atoms with E-state index in [0.29, 0.717) is 24.4 Å². The van der Waals surface area contributed by atoms with E-state index in [-0.39, 0.29) is 5.75 Å². The number of hydrogen-bond acceptors (Lipinski definition) is 3. The number of sulfonamides is 1. The monoisotopic (exact) mass is 448 g/mol. The van der Waals surface area contributed by atoms with E-state index in [1.807, 2.05) is 16.7 Å². The van der Waals surface area contributed by atoms with Gasteiger partial charge < -0.3 is 4.74 Å². The lowest BCUT2D eigenvalue weighted by molar-refractivity contribution is -0.693. The smallest absolute Gasteiger partial charge is 0.249 e. The van der Waals surface area contributed by atoms with Crippen LogP contribution in [0.5, 0.6) is 5.75 Å². The quantitative estimate of drug-likeness (QED) is 0.436. The molecule has 1 fully saturated rings. The molecule has 5 rings (SSSR count). The molecule has 0 N–H and O–H groups in total. The van der Waals surface area contributed by atoms with Crippen LogP contribution >= 0.6 is 0 Å². The minimum atomic E-state index is -3.23. The SMILES string of the molecule is COc1cc(N2CCCS2(=O)=O)ccc1-n1cc(C)[n+](Cc2ccc3ccccc3c2)c1. The van der Waals surface area contributed by atoms with E-state index in [9.17, 15) is 8.42 Å². The van der Waals surface area contributed by atoms with E-state index in [1.165, 1.54) is 20.6 Å². The normalized spacial score (nSPS) is 15.4. The number of fused-ring (bicyclic) bond motifs is 1. The van der Waals surface area contributed by atoms with Gasteiger partial charge in [0, 0.05) is 19.5 Å². The van der Waals surface area contributed by atoms with E-state index in [1.54, 1.807) is 13.2 Å². The number of methoxy groups -OCH3 is 1. The Hall–Kier alpha value is -3.32. The molecule has 6 nitrogen and oxygen atoms in total. The third-order valence-electron chi connectivity index (χ3n) is 6.04. The van der Waals surface area contributed by atoms with E-state index >= 15 is 0 Å². The fourth-order valence-corrected chi connectivity index (χ4v) is 5.90. The second-order valence-corrected chi connectivity index (χ2v) is 10.2. The standard InChI is InChI=1S/C25H26N3O3S/c1-19-16-27(18-26(19)17-20-8-9-21-6-3-4-7-22(21)14-20)24-11-10-23(15-25(24)31-2)28-12-5-13-32(28,29)30/h3-4,6-11,14-16,18H,5,12-13,17H2,1-2H3/q+1. The summed E-state index contributed by atoms with van der Waals surface area (Å²) < 4.78 is 35.9. The Morgan fingerprint density at radius 2 is 1.84 bits per heavy atom. The van der Waals surface area contributed by atoms with Crippen molar-refractivity contribution in [2.75, 3.05) is 23.7 Å². The number of ether oxygens (including phenoxy) is 1. The van der Waals surface area contributed by atoms with Crippen LogP contribution in [0.2, 0.25) is 0 Å². The fourth-order valence-electron chi connectivity index (χ4n) is 4.35. The lowest BCUT2D eigenvalue weighted by atomic mass is 10.1.